The van der Waals surface area contributed by atoms with E-state index in [1.807, 2.05) is 49.6 Å². The minimum absolute atomic E-state index is 0.391. The Morgan fingerprint density at radius 1 is 0.973 bits per heavy atom. The van der Waals surface area contributed by atoms with Crippen LogP contribution in [0.3, 0.4) is 0 Å². The van der Waals surface area contributed by atoms with E-state index in [2.05, 4.69) is 44.8 Å². The fourth-order valence-corrected chi connectivity index (χ4v) is 4.87. The highest BCUT2D eigenvalue weighted by atomic mass is 16.3. The van der Waals surface area contributed by atoms with Crippen molar-refractivity contribution in [1.82, 2.24) is 39.3 Å². The molecule has 0 aliphatic heterocycles. The summed E-state index contributed by atoms with van der Waals surface area (Å²) in [6.07, 6.45) is 9.29. The first kappa shape index (κ1) is 23.1. The number of nitrogens with zero attached hydrogens (tertiary/aromatic N) is 8. The van der Waals surface area contributed by atoms with Crippen molar-refractivity contribution in [3.05, 3.63) is 66.4 Å². The molecule has 0 radical (unpaired) electrons. The number of hydrogen-bond donors (Lipinski definition) is 2. The second-order valence-electron chi connectivity index (χ2n) is 10.2. The smallest absolute Gasteiger partial charge is 0.228 e. The summed E-state index contributed by atoms with van der Waals surface area (Å²) in [5.74, 6) is 1.10. The second kappa shape index (κ2) is 8.67. The maximum Gasteiger partial charge on any atom is 0.228 e. The summed E-state index contributed by atoms with van der Waals surface area (Å²) in [4.78, 5) is 9.46. The van der Waals surface area contributed by atoms with Crippen LogP contribution >= 0.6 is 0 Å². The molecule has 0 atom stereocenters. The molecule has 0 saturated heterocycles. The molecule has 0 amide bonds. The molecule has 6 rings (SSSR count). The largest absolute Gasteiger partial charge is 0.389 e. The third-order valence-corrected chi connectivity index (χ3v) is 6.48. The van der Waals surface area contributed by atoms with Crippen molar-refractivity contribution >= 4 is 11.8 Å². The molecule has 2 N–H and O–H groups in total. The second-order valence-corrected chi connectivity index (χ2v) is 10.2. The molecule has 0 bridgehead atoms. The van der Waals surface area contributed by atoms with Gasteiger partial charge in [0.1, 0.15) is 0 Å². The number of fused-ring (bicyclic) bond motifs is 3. The number of aliphatic hydroxyl groups is 1. The van der Waals surface area contributed by atoms with E-state index in [-0.39, 0.29) is 0 Å². The predicted molar refractivity (Wildman–Crippen MR) is 141 cm³/mol. The lowest BCUT2D eigenvalue weighted by Crippen LogP contribution is -2.26. The van der Waals surface area contributed by atoms with Gasteiger partial charge in [0, 0.05) is 55.4 Å². The molecule has 10 nitrogen and oxygen atoms in total. The van der Waals surface area contributed by atoms with Crippen LogP contribution in [0.1, 0.15) is 25.1 Å². The first-order valence-corrected chi connectivity index (χ1v) is 12.3. The number of rotatable bonds is 6. The van der Waals surface area contributed by atoms with Crippen LogP contribution in [0.5, 0.6) is 0 Å². The molecule has 4 aromatic heterocycles. The maximum absolute atomic E-state index is 10.1. The molecule has 0 saturated carbocycles. The molecular formula is C27H29N9O. The van der Waals surface area contributed by atoms with Gasteiger partial charge >= 0.3 is 0 Å². The van der Waals surface area contributed by atoms with E-state index in [1.54, 1.807) is 23.2 Å². The summed E-state index contributed by atoms with van der Waals surface area (Å²) in [7, 11) is 3.90. The summed E-state index contributed by atoms with van der Waals surface area (Å²) in [5, 5.41) is 26.9. The van der Waals surface area contributed by atoms with E-state index < -0.39 is 5.60 Å². The zero-order valence-electron chi connectivity index (χ0n) is 21.3. The van der Waals surface area contributed by atoms with E-state index in [0.717, 1.165) is 57.7 Å². The molecule has 37 heavy (non-hydrogen) atoms. The van der Waals surface area contributed by atoms with Crippen molar-refractivity contribution < 1.29 is 5.11 Å². The van der Waals surface area contributed by atoms with Gasteiger partial charge in [0.2, 0.25) is 5.95 Å². The molecule has 0 unspecified atom stereocenters. The third-order valence-electron chi connectivity index (χ3n) is 6.48. The van der Waals surface area contributed by atoms with Gasteiger partial charge in [-0.3, -0.25) is 14.0 Å². The molecular weight excluding hydrogens is 466 g/mol. The van der Waals surface area contributed by atoms with Gasteiger partial charge in [-0.25, -0.2) is 9.97 Å². The van der Waals surface area contributed by atoms with Gasteiger partial charge in [-0.1, -0.05) is 24.3 Å². The summed E-state index contributed by atoms with van der Waals surface area (Å²) in [6.45, 7) is 3.90. The number of aromatic nitrogens is 8. The van der Waals surface area contributed by atoms with Gasteiger partial charge < -0.3 is 10.4 Å². The van der Waals surface area contributed by atoms with Crippen LogP contribution in [-0.4, -0.2) is 50.0 Å². The van der Waals surface area contributed by atoms with Gasteiger partial charge in [0.25, 0.3) is 0 Å². The lowest BCUT2D eigenvalue weighted by atomic mass is 9.91. The topological polar surface area (TPSA) is 112 Å². The Morgan fingerprint density at radius 2 is 1.76 bits per heavy atom. The van der Waals surface area contributed by atoms with Crippen molar-refractivity contribution in [2.45, 2.75) is 38.8 Å². The minimum atomic E-state index is -0.852. The molecule has 1 aliphatic rings. The zero-order valence-corrected chi connectivity index (χ0v) is 21.3. The Kier molecular flexibility index (Phi) is 5.41. The SMILES string of the molecule is Cn1cc(-c2ccc(-c3c4c(nn3C)CCc3cnc(Nc5ccn(CC(C)(C)O)n5)nc3-4)cc2)cn1. The molecule has 0 spiro atoms. The van der Waals surface area contributed by atoms with Crippen molar-refractivity contribution in [2.24, 2.45) is 14.1 Å². The molecule has 188 valence electrons. The van der Waals surface area contributed by atoms with Gasteiger partial charge in [0.05, 0.1) is 35.4 Å². The van der Waals surface area contributed by atoms with Crippen LogP contribution in [0.4, 0.5) is 11.8 Å². The summed E-state index contributed by atoms with van der Waals surface area (Å²) < 4.78 is 5.46. The standard InChI is InChI=1S/C27H29N9O/c1-27(2,37)16-36-12-11-22(33-36)30-26-28-13-19-9-10-21-23(24(19)31-26)25(35(4)32-21)18-7-5-17(6-8-18)20-14-29-34(3)15-20/h5-8,11-15,37H,9-10,16H2,1-4H3,(H,28,30,31,33). The summed E-state index contributed by atoms with van der Waals surface area (Å²) in [6, 6.07) is 10.3. The van der Waals surface area contributed by atoms with E-state index in [9.17, 15) is 5.11 Å². The normalized spacial score (nSPS) is 12.9. The fourth-order valence-electron chi connectivity index (χ4n) is 4.87. The van der Waals surface area contributed by atoms with Crippen LogP contribution in [0.25, 0.3) is 33.6 Å². The van der Waals surface area contributed by atoms with E-state index in [4.69, 9.17) is 10.1 Å². The highest BCUT2D eigenvalue weighted by Crippen LogP contribution is 2.40. The highest BCUT2D eigenvalue weighted by Gasteiger charge is 2.27. The highest BCUT2D eigenvalue weighted by molar-refractivity contribution is 5.85. The lowest BCUT2D eigenvalue weighted by molar-refractivity contribution is 0.0578. The Balaban J connectivity index is 1.34. The van der Waals surface area contributed by atoms with Gasteiger partial charge in [-0.15, -0.1) is 0 Å². The van der Waals surface area contributed by atoms with Gasteiger partial charge in [0.15, 0.2) is 5.82 Å². The first-order valence-electron chi connectivity index (χ1n) is 12.3. The van der Waals surface area contributed by atoms with Crippen molar-refractivity contribution in [1.29, 1.82) is 0 Å². The molecule has 1 aliphatic carbocycles. The van der Waals surface area contributed by atoms with E-state index in [0.29, 0.717) is 18.3 Å². The van der Waals surface area contributed by atoms with Crippen molar-refractivity contribution in [3.63, 3.8) is 0 Å². The minimum Gasteiger partial charge on any atom is -0.389 e. The van der Waals surface area contributed by atoms with Gasteiger partial charge in [-0.05, 0) is 37.8 Å². The van der Waals surface area contributed by atoms with Gasteiger partial charge in [-0.2, -0.15) is 15.3 Å². The number of benzene rings is 1. The average molecular weight is 496 g/mol. The van der Waals surface area contributed by atoms with E-state index >= 15 is 0 Å². The monoisotopic (exact) mass is 495 g/mol. The lowest BCUT2D eigenvalue weighted by Gasteiger charge is -2.17. The van der Waals surface area contributed by atoms with Crippen LogP contribution in [-0.2, 0) is 33.5 Å². The first-order chi connectivity index (χ1) is 17.7. The Morgan fingerprint density at radius 3 is 2.49 bits per heavy atom. The number of nitrogens with one attached hydrogen (secondary N) is 1. The molecule has 4 heterocycles. The molecule has 5 aromatic rings. The van der Waals surface area contributed by atoms with E-state index in [1.165, 1.54) is 0 Å². The number of anilines is 2. The maximum atomic E-state index is 10.1. The van der Waals surface area contributed by atoms with Crippen LogP contribution in [0.15, 0.2) is 55.1 Å². The Labute approximate surface area is 214 Å². The van der Waals surface area contributed by atoms with Crippen molar-refractivity contribution in [3.8, 4) is 33.6 Å². The Bertz CT molecular complexity index is 1590. The number of hydrogen-bond acceptors (Lipinski definition) is 7. The molecule has 1 aromatic carbocycles. The summed E-state index contributed by atoms with van der Waals surface area (Å²) in [5.41, 5.74) is 7.56. The summed E-state index contributed by atoms with van der Waals surface area (Å²) >= 11 is 0. The van der Waals surface area contributed by atoms with Crippen LogP contribution in [0.2, 0.25) is 0 Å². The third kappa shape index (κ3) is 4.51. The Hall–Kier alpha value is -4.31. The quantitative estimate of drug-likeness (QED) is 0.369. The average Bonchev–Trinajstić information content (AvgIpc) is 3.56. The molecule has 0 fully saturated rings. The number of aryl methyl sites for hydroxylation is 4. The van der Waals surface area contributed by atoms with Crippen LogP contribution < -0.4 is 5.32 Å². The fraction of sp³-hybridized carbons (Fsp3) is 0.296. The predicted octanol–water partition coefficient (Wildman–Crippen LogP) is 3.75. The van der Waals surface area contributed by atoms with Crippen molar-refractivity contribution in [2.75, 3.05) is 5.32 Å². The molecule has 10 heteroatoms. The zero-order chi connectivity index (χ0) is 25.7. The van der Waals surface area contributed by atoms with Crippen LogP contribution in [0, 0.1) is 0 Å².